The van der Waals surface area contributed by atoms with Gasteiger partial charge in [-0.05, 0) is 49.1 Å². The average molecular weight is 391 g/mol. The van der Waals surface area contributed by atoms with E-state index in [1.54, 1.807) is 4.31 Å². The summed E-state index contributed by atoms with van der Waals surface area (Å²) in [6, 6.07) is 16.4. The molecule has 0 bridgehead atoms. The number of benzene rings is 2. The fraction of sp³-hybridized carbons (Fsp3) is 0.429. The van der Waals surface area contributed by atoms with Crippen LogP contribution in [0.1, 0.15) is 17.5 Å². The number of sulfonamides is 1. The summed E-state index contributed by atoms with van der Waals surface area (Å²) >= 11 is 0. The highest BCUT2D eigenvalue weighted by molar-refractivity contribution is 7.89. The standard InChI is InChI=1S/C21H27FN2O2S/c22-21-10-8-20(9-11-21)7-4-13-23-14-16-24(17-15-23)27(25,26)18-12-19-5-2-1-3-6-19/h1-3,5-6,8-11H,4,7,12-18H2. The largest absolute Gasteiger partial charge is 0.301 e. The molecule has 0 amide bonds. The molecule has 1 aliphatic heterocycles. The zero-order valence-corrected chi connectivity index (χ0v) is 16.4. The molecule has 1 aliphatic rings. The lowest BCUT2D eigenvalue weighted by Crippen LogP contribution is -2.49. The maximum absolute atomic E-state index is 12.9. The lowest BCUT2D eigenvalue weighted by Gasteiger charge is -2.34. The molecule has 0 atom stereocenters. The van der Waals surface area contributed by atoms with Crippen LogP contribution in [-0.4, -0.2) is 56.1 Å². The van der Waals surface area contributed by atoms with Crippen LogP contribution in [0.5, 0.6) is 0 Å². The van der Waals surface area contributed by atoms with Gasteiger partial charge < -0.3 is 4.90 Å². The Morgan fingerprint density at radius 1 is 0.815 bits per heavy atom. The summed E-state index contributed by atoms with van der Waals surface area (Å²) in [5.74, 6) is -0.0370. The predicted molar refractivity (Wildman–Crippen MR) is 107 cm³/mol. The van der Waals surface area contributed by atoms with Crippen molar-refractivity contribution in [3.05, 3.63) is 71.5 Å². The van der Waals surface area contributed by atoms with E-state index in [0.717, 1.165) is 43.6 Å². The monoisotopic (exact) mass is 390 g/mol. The first-order valence-electron chi connectivity index (χ1n) is 9.51. The summed E-state index contributed by atoms with van der Waals surface area (Å²) in [6.07, 6.45) is 2.46. The van der Waals surface area contributed by atoms with Crippen LogP contribution >= 0.6 is 0 Å². The summed E-state index contributed by atoms with van der Waals surface area (Å²) in [6.45, 7) is 3.61. The molecule has 1 heterocycles. The van der Waals surface area contributed by atoms with Crippen molar-refractivity contribution in [1.29, 1.82) is 0 Å². The minimum absolute atomic E-state index is 0.168. The van der Waals surface area contributed by atoms with Crippen LogP contribution in [0.15, 0.2) is 54.6 Å². The van der Waals surface area contributed by atoms with Crippen molar-refractivity contribution in [3.8, 4) is 0 Å². The van der Waals surface area contributed by atoms with Crippen LogP contribution < -0.4 is 0 Å². The Kier molecular flexibility index (Phi) is 6.99. The van der Waals surface area contributed by atoms with Gasteiger partial charge in [0.1, 0.15) is 5.82 Å². The Labute approximate surface area is 161 Å². The summed E-state index contributed by atoms with van der Waals surface area (Å²) < 4.78 is 39.7. The lowest BCUT2D eigenvalue weighted by atomic mass is 10.1. The number of piperazine rings is 1. The van der Waals surface area contributed by atoms with Gasteiger partial charge in [-0.1, -0.05) is 42.5 Å². The SMILES string of the molecule is O=S(=O)(CCc1ccccc1)N1CCN(CCCc2ccc(F)cc2)CC1. The van der Waals surface area contributed by atoms with Crippen LogP contribution in [0.25, 0.3) is 0 Å². The van der Waals surface area contributed by atoms with Crippen LogP contribution in [-0.2, 0) is 22.9 Å². The van der Waals surface area contributed by atoms with Crippen molar-refractivity contribution in [2.45, 2.75) is 19.3 Å². The highest BCUT2D eigenvalue weighted by atomic mass is 32.2. The molecule has 0 aromatic heterocycles. The third-order valence-electron chi connectivity index (χ3n) is 5.07. The van der Waals surface area contributed by atoms with E-state index in [1.807, 2.05) is 42.5 Å². The summed E-state index contributed by atoms with van der Waals surface area (Å²) in [5.41, 5.74) is 2.19. The summed E-state index contributed by atoms with van der Waals surface area (Å²) in [4.78, 5) is 2.31. The highest BCUT2D eigenvalue weighted by Crippen LogP contribution is 2.12. The number of hydrogen-bond donors (Lipinski definition) is 0. The molecule has 6 heteroatoms. The molecule has 146 valence electrons. The van der Waals surface area contributed by atoms with Gasteiger partial charge in [0.25, 0.3) is 0 Å². The number of rotatable bonds is 8. The third kappa shape index (κ3) is 6.13. The zero-order chi connectivity index (χ0) is 19.1. The second kappa shape index (κ2) is 9.44. The van der Waals surface area contributed by atoms with E-state index in [1.165, 1.54) is 12.1 Å². The molecule has 27 heavy (non-hydrogen) atoms. The van der Waals surface area contributed by atoms with Crippen molar-refractivity contribution < 1.29 is 12.8 Å². The average Bonchev–Trinajstić information content (AvgIpc) is 2.69. The van der Waals surface area contributed by atoms with Gasteiger partial charge in [0.2, 0.25) is 10.0 Å². The van der Waals surface area contributed by atoms with Crippen LogP contribution in [0.3, 0.4) is 0 Å². The van der Waals surface area contributed by atoms with Crippen molar-refractivity contribution in [2.24, 2.45) is 0 Å². The maximum atomic E-state index is 12.9. The van der Waals surface area contributed by atoms with E-state index in [4.69, 9.17) is 0 Å². The number of nitrogens with zero attached hydrogens (tertiary/aromatic N) is 2. The Morgan fingerprint density at radius 2 is 1.44 bits per heavy atom. The van der Waals surface area contributed by atoms with Gasteiger partial charge in [-0.3, -0.25) is 0 Å². The zero-order valence-electron chi connectivity index (χ0n) is 15.6. The first-order valence-corrected chi connectivity index (χ1v) is 11.1. The molecule has 0 radical (unpaired) electrons. The molecule has 1 saturated heterocycles. The molecule has 4 nitrogen and oxygen atoms in total. The second-order valence-electron chi connectivity index (χ2n) is 7.02. The predicted octanol–water partition coefficient (Wildman–Crippen LogP) is 2.95. The van der Waals surface area contributed by atoms with Gasteiger partial charge in [0, 0.05) is 26.2 Å². The smallest absolute Gasteiger partial charge is 0.214 e. The van der Waals surface area contributed by atoms with E-state index < -0.39 is 10.0 Å². The van der Waals surface area contributed by atoms with Crippen molar-refractivity contribution in [1.82, 2.24) is 9.21 Å². The maximum Gasteiger partial charge on any atom is 0.214 e. The fourth-order valence-corrected chi connectivity index (χ4v) is 4.88. The molecular weight excluding hydrogens is 363 g/mol. The van der Waals surface area contributed by atoms with Gasteiger partial charge >= 0.3 is 0 Å². The number of halogens is 1. The van der Waals surface area contributed by atoms with Crippen molar-refractivity contribution in [3.63, 3.8) is 0 Å². The van der Waals surface area contributed by atoms with Gasteiger partial charge in [-0.2, -0.15) is 4.31 Å². The molecular formula is C21H27FN2O2S. The second-order valence-corrected chi connectivity index (χ2v) is 9.11. The van der Waals surface area contributed by atoms with Crippen LogP contribution in [0.4, 0.5) is 4.39 Å². The van der Waals surface area contributed by atoms with Crippen molar-refractivity contribution in [2.75, 3.05) is 38.5 Å². The molecule has 0 aliphatic carbocycles. The van der Waals surface area contributed by atoms with E-state index in [2.05, 4.69) is 4.90 Å². The van der Waals surface area contributed by atoms with E-state index in [0.29, 0.717) is 19.5 Å². The minimum Gasteiger partial charge on any atom is -0.301 e. The van der Waals surface area contributed by atoms with Gasteiger partial charge in [0.05, 0.1) is 5.75 Å². The third-order valence-corrected chi connectivity index (χ3v) is 6.94. The van der Waals surface area contributed by atoms with Crippen molar-refractivity contribution >= 4 is 10.0 Å². The minimum atomic E-state index is -3.20. The lowest BCUT2D eigenvalue weighted by molar-refractivity contribution is 0.187. The molecule has 0 spiro atoms. The van der Waals surface area contributed by atoms with E-state index in [9.17, 15) is 12.8 Å². The van der Waals surface area contributed by atoms with Gasteiger partial charge in [-0.15, -0.1) is 0 Å². The molecule has 2 aromatic carbocycles. The molecule has 2 aromatic rings. The molecule has 0 saturated carbocycles. The normalized spacial score (nSPS) is 16.5. The Hall–Kier alpha value is -1.76. The molecule has 1 fully saturated rings. The Bertz CT molecular complexity index is 802. The van der Waals surface area contributed by atoms with E-state index >= 15 is 0 Å². The van der Waals surface area contributed by atoms with Gasteiger partial charge in [0.15, 0.2) is 0 Å². The topological polar surface area (TPSA) is 40.6 Å². The van der Waals surface area contributed by atoms with E-state index in [-0.39, 0.29) is 11.6 Å². The number of aryl methyl sites for hydroxylation is 2. The van der Waals surface area contributed by atoms with Crippen LogP contribution in [0.2, 0.25) is 0 Å². The highest BCUT2D eigenvalue weighted by Gasteiger charge is 2.26. The Morgan fingerprint density at radius 3 is 2.11 bits per heavy atom. The first kappa shape index (κ1) is 20.0. The summed E-state index contributed by atoms with van der Waals surface area (Å²) in [5, 5.41) is 0. The molecule has 0 unspecified atom stereocenters. The molecule has 0 N–H and O–H groups in total. The quantitative estimate of drug-likeness (QED) is 0.696. The first-order chi connectivity index (χ1) is 13.0. The molecule has 3 rings (SSSR count). The Balaban J connectivity index is 1.39. The van der Waals surface area contributed by atoms with Gasteiger partial charge in [-0.25, -0.2) is 12.8 Å². The summed E-state index contributed by atoms with van der Waals surface area (Å²) in [7, 11) is -3.20. The van der Waals surface area contributed by atoms with Crippen LogP contribution in [0, 0.1) is 5.82 Å². The number of hydrogen-bond acceptors (Lipinski definition) is 3. The fourth-order valence-electron chi connectivity index (χ4n) is 3.41.